The molecule has 0 unspecified atom stereocenters. The van der Waals surface area contributed by atoms with E-state index in [4.69, 9.17) is 23.2 Å². The van der Waals surface area contributed by atoms with Gasteiger partial charge >= 0.3 is 0 Å². The van der Waals surface area contributed by atoms with Gasteiger partial charge in [0.25, 0.3) is 0 Å². The molecule has 0 amide bonds. The lowest BCUT2D eigenvalue weighted by Gasteiger charge is -2.16. The van der Waals surface area contributed by atoms with Gasteiger partial charge in [-0.1, -0.05) is 71.7 Å². The van der Waals surface area contributed by atoms with Crippen molar-refractivity contribution in [3.05, 3.63) is 166 Å². The second-order valence-electron chi connectivity index (χ2n) is 11.7. The minimum atomic E-state index is -3.76. The van der Waals surface area contributed by atoms with Crippen LogP contribution < -0.4 is 9.44 Å². The average Bonchev–Trinajstić information content (AvgIpc) is 3.15. The Morgan fingerprint density at radius 2 is 0.904 bits per heavy atom. The maximum atomic E-state index is 14.4. The molecule has 6 aromatic rings. The van der Waals surface area contributed by atoms with E-state index in [1.54, 1.807) is 24.5 Å². The Hall–Kier alpha value is -4.75. The highest BCUT2D eigenvalue weighted by Gasteiger charge is 2.22. The molecule has 2 heterocycles. The number of ketones is 1. The first-order chi connectivity index (χ1) is 25.0. The first-order valence-corrected chi connectivity index (χ1v) is 19.9. The monoisotopic (exact) mass is 770 g/mol. The first-order valence-electron chi connectivity index (χ1n) is 16.1. The number of carbonyl (C=O) groups excluding carboxylic acids is 1. The third-order valence-electron chi connectivity index (χ3n) is 8.37. The summed E-state index contributed by atoms with van der Waals surface area (Å²) >= 11 is 11.8. The van der Waals surface area contributed by atoms with Crippen molar-refractivity contribution in [1.82, 2.24) is 19.4 Å². The molecule has 9 nitrogen and oxygen atoms in total. The van der Waals surface area contributed by atoms with Crippen molar-refractivity contribution >= 4 is 49.0 Å². The van der Waals surface area contributed by atoms with Crippen LogP contribution in [0.25, 0.3) is 22.3 Å². The van der Waals surface area contributed by atoms with E-state index in [1.807, 2.05) is 48.5 Å². The molecule has 13 heteroatoms. The van der Waals surface area contributed by atoms with Gasteiger partial charge < -0.3 is 0 Å². The summed E-state index contributed by atoms with van der Waals surface area (Å²) in [5.41, 5.74) is 5.15. The minimum Gasteiger partial charge on any atom is -0.288 e. The topological polar surface area (TPSA) is 135 Å². The molecular formula is C39H32Cl2N4O5S2. The SMILES string of the molecule is O=C(c1cnccc1-c1ccccc1CCNS(=O)(=O)c1ccc(Cl)cc1)c1cnccc1-c1ccccc1CCNS(=O)(=O)c1ccc(Cl)cc1. The fourth-order valence-corrected chi connectivity index (χ4v) is 8.12. The van der Waals surface area contributed by atoms with Gasteiger partial charge in [0.05, 0.1) is 9.79 Å². The third-order valence-corrected chi connectivity index (χ3v) is 11.8. The van der Waals surface area contributed by atoms with Gasteiger partial charge in [0.2, 0.25) is 20.0 Å². The molecule has 4 aromatic carbocycles. The van der Waals surface area contributed by atoms with Crippen LogP contribution in [-0.4, -0.2) is 45.7 Å². The lowest BCUT2D eigenvalue weighted by molar-refractivity contribution is 0.103. The molecule has 0 saturated heterocycles. The van der Waals surface area contributed by atoms with E-state index in [1.165, 1.54) is 60.9 Å². The molecule has 2 aromatic heterocycles. The summed E-state index contributed by atoms with van der Waals surface area (Å²) in [7, 11) is -7.53. The maximum Gasteiger partial charge on any atom is 0.240 e. The van der Waals surface area contributed by atoms with Crippen LogP contribution in [0.5, 0.6) is 0 Å². The minimum absolute atomic E-state index is 0.111. The summed E-state index contributed by atoms with van der Waals surface area (Å²) < 4.78 is 56.8. The van der Waals surface area contributed by atoms with Crippen LogP contribution in [0.4, 0.5) is 0 Å². The largest absolute Gasteiger partial charge is 0.288 e. The molecule has 0 aliphatic carbocycles. The Balaban J connectivity index is 1.25. The Bertz CT molecular complexity index is 2270. The number of hydrogen-bond acceptors (Lipinski definition) is 7. The fourth-order valence-electron chi connectivity index (χ4n) is 5.80. The zero-order valence-electron chi connectivity index (χ0n) is 27.5. The van der Waals surface area contributed by atoms with E-state index < -0.39 is 20.0 Å². The number of rotatable bonds is 14. The molecule has 0 radical (unpaired) electrons. The number of carbonyl (C=O) groups is 1. The third kappa shape index (κ3) is 8.64. The standard InChI is InChI=1S/C39H32Cl2N4O5S2/c40-29-9-13-31(14-10-29)51(47,48)44-23-17-27-5-1-3-7-33(27)35-19-21-42-25-37(35)39(46)38-26-43-22-20-36(38)34-8-4-2-6-28(34)18-24-45-52(49,50)32-15-11-30(41)12-16-32/h1-16,19-22,25-26,44-45H,17-18,23-24H2. The summed E-state index contributed by atoms with van der Waals surface area (Å²) in [6.07, 6.45) is 6.96. The zero-order chi connectivity index (χ0) is 36.7. The van der Waals surface area contributed by atoms with Crippen molar-refractivity contribution < 1.29 is 21.6 Å². The van der Waals surface area contributed by atoms with Gasteiger partial charge in [-0.05, 0) is 107 Å². The number of aromatic nitrogens is 2. The number of nitrogens with one attached hydrogen (secondary N) is 2. The highest BCUT2D eigenvalue weighted by Crippen LogP contribution is 2.33. The molecule has 0 saturated carbocycles. The molecule has 264 valence electrons. The molecule has 0 atom stereocenters. The molecule has 0 aliphatic rings. The van der Waals surface area contributed by atoms with Crippen LogP contribution in [0.15, 0.2) is 144 Å². The van der Waals surface area contributed by atoms with Crippen LogP contribution in [0.1, 0.15) is 27.0 Å². The Morgan fingerprint density at radius 1 is 0.519 bits per heavy atom. The summed E-state index contributed by atoms with van der Waals surface area (Å²) in [4.78, 5) is 23.2. The first kappa shape index (κ1) is 37.0. The van der Waals surface area contributed by atoms with Crippen molar-refractivity contribution in [1.29, 1.82) is 0 Å². The van der Waals surface area contributed by atoms with Crippen molar-refractivity contribution in [2.75, 3.05) is 13.1 Å². The Labute approximate surface area is 312 Å². The highest BCUT2D eigenvalue weighted by atomic mass is 35.5. The Morgan fingerprint density at radius 3 is 1.31 bits per heavy atom. The maximum absolute atomic E-state index is 14.4. The van der Waals surface area contributed by atoms with Gasteiger partial charge in [-0.3, -0.25) is 14.8 Å². The number of halogens is 2. The van der Waals surface area contributed by atoms with Crippen molar-refractivity contribution in [2.24, 2.45) is 0 Å². The average molecular weight is 772 g/mol. The van der Waals surface area contributed by atoms with Crippen LogP contribution >= 0.6 is 23.2 Å². The van der Waals surface area contributed by atoms with Gasteiger partial charge in [-0.2, -0.15) is 0 Å². The fraction of sp³-hybridized carbons (Fsp3) is 0.103. The predicted molar refractivity (Wildman–Crippen MR) is 203 cm³/mol. The lowest BCUT2D eigenvalue weighted by atomic mass is 9.88. The van der Waals surface area contributed by atoms with Crippen LogP contribution in [0.3, 0.4) is 0 Å². The predicted octanol–water partition coefficient (Wildman–Crippen LogP) is 7.39. The summed E-state index contributed by atoms with van der Waals surface area (Å²) in [6.45, 7) is 0.242. The molecule has 0 spiro atoms. The molecule has 52 heavy (non-hydrogen) atoms. The molecule has 2 N–H and O–H groups in total. The highest BCUT2D eigenvalue weighted by molar-refractivity contribution is 7.89. The number of hydrogen-bond donors (Lipinski definition) is 2. The summed E-state index contributed by atoms with van der Waals surface area (Å²) in [5, 5.41) is 0.878. The van der Waals surface area contributed by atoms with E-state index in [0.29, 0.717) is 45.1 Å². The van der Waals surface area contributed by atoms with Gasteiger partial charge in [-0.15, -0.1) is 0 Å². The van der Waals surface area contributed by atoms with E-state index in [9.17, 15) is 21.6 Å². The summed E-state index contributed by atoms with van der Waals surface area (Å²) in [5.74, 6) is -0.303. The second-order valence-corrected chi connectivity index (χ2v) is 16.1. The Kier molecular flexibility index (Phi) is 11.6. The van der Waals surface area contributed by atoms with Crippen LogP contribution in [-0.2, 0) is 32.9 Å². The van der Waals surface area contributed by atoms with E-state index in [2.05, 4.69) is 19.4 Å². The number of benzene rings is 4. The van der Waals surface area contributed by atoms with Crippen LogP contribution in [0.2, 0.25) is 10.0 Å². The van der Waals surface area contributed by atoms with Crippen molar-refractivity contribution in [3.63, 3.8) is 0 Å². The summed E-state index contributed by atoms with van der Waals surface area (Å²) in [6, 6.07) is 30.4. The van der Waals surface area contributed by atoms with E-state index in [-0.39, 0.29) is 28.7 Å². The van der Waals surface area contributed by atoms with E-state index in [0.717, 1.165) is 22.3 Å². The smallest absolute Gasteiger partial charge is 0.240 e. The molecule has 0 aliphatic heterocycles. The van der Waals surface area contributed by atoms with Gasteiger partial charge in [0, 0.05) is 59.0 Å². The van der Waals surface area contributed by atoms with Crippen molar-refractivity contribution in [3.8, 4) is 22.3 Å². The van der Waals surface area contributed by atoms with E-state index >= 15 is 0 Å². The molecule has 0 fully saturated rings. The van der Waals surface area contributed by atoms with Crippen LogP contribution in [0, 0.1) is 0 Å². The van der Waals surface area contributed by atoms with Gasteiger partial charge in [-0.25, -0.2) is 26.3 Å². The quantitative estimate of drug-likeness (QED) is 0.110. The zero-order valence-corrected chi connectivity index (χ0v) is 30.7. The van der Waals surface area contributed by atoms with Gasteiger partial charge in [0.15, 0.2) is 5.78 Å². The molecule has 6 rings (SSSR count). The normalized spacial score (nSPS) is 11.7. The number of sulfonamides is 2. The lowest BCUT2D eigenvalue weighted by Crippen LogP contribution is -2.26. The van der Waals surface area contributed by atoms with Gasteiger partial charge in [0.1, 0.15) is 0 Å². The number of nitrogens with zero attached hydrogens (tertiary/aromatic N) is 2. The number of pyridine rings is 2. The van der Waals surface area contributed by atoms with Crippen molar-refractivity contribution in [2.45, 2.75) is 22.6 Å². The molecular weight excluding hydrogens is 739 g/mol. The molecule has 0 bridgehead atoms. The second kappa shape index (κ2) is 16.3.